The predicted molar refractivity (Wildman–Crippen MR) is 40.6 cm³/mol. The minimum absolute atomic E-state index is 0.0553. The standard InChI is InChI=1S/C7H5NO4/c9-3-4-1-6(10)7(11)2-5(4)8-12/h1-3,10-11H. The molecule has 5 nitrogen and oxygen atoms in total. The molecule has 12 heavy (non-hydrogen) atoms. The number of aldehydes is 1. The fourth-order valence-corrected chi connectivity index (χ4v) is 0.755. The quantitative estimate of drug-likeness (QED) is 0.395. The molecule has 0 bridgehead atoms. The Balaban J connectivity index is 3.37. The van der Waals surface area contributed by atoms with Crippen molar-refractivity contribution in [3.63, 3.8) is 0 Å². The predicted octanol–water partition coefficient (Wildman–Crippen LogP) is 1.31. The SMILES string of the molecule is O=Cc1cc(O)c(O)cc1N=O. The smallest absolute Gasteiger partial charge is 0.159 e. The van der Waals surface area contributed by atoms with Gasteiger partial charge in [-0.25, -0.2) is 0 Å². The van der Waals surface area contributed by atoms with Crippen LogP contribution in [0.15, 0.2) is 17.3 Å². The van der Waals surface area contributed by atoms with E-state index in [4.69, 9.17) is 10.2 Å². The molecule has 1 aromatic carbocycles. The molecule has 0 aromatic heterocycles. The summed E-state index contributed by atoms with van der Waals surface area (Å²) in [6.07, 6.45) is 0.371. The van der Waals surface area contributed by atoms with E-state index in [9.17, 15) is 9.70 Å². The van der Waals surface area contributed by atoms with Gasteiger partial charge >= 0.3 is 0 Å². The molecule has 0 radical (unpaired) electrons. The van der Waals surface area contributed by atoms with Crippen LogP contribution < -0.4 is 0 Å². The Kier molecular flexibility index (Phi) is 2.05. The van der Waals surface area contributed by atoms with Gasteiger partial charge in [0.25, 0.3) is 0 Å². The maximum atomic E-state index is 10.3. The summed E-state index contributed by atoms with van der Waals surface area (Å²) in [7, 11) is 0. The number of hydrogen-bond acceptors (Lipinski definition) is 5. The number of phenolic OH excluding ortho intramolecular Hbond substituents is 2. The van der Waals surface area contributed by atoms with Crippen LogP contribution in [0.25, 0.3) is 0 Å². The third kappa shape index (κ3) is 1.24. The highest BCUT2D eigenvalue weighted by Crippen LogP contribution is 2.31. The maximum Gasteiger partial charge on any atom is 0.159 e. The number of nitroso groups, excluding NO2 is 1. The van der Waals surface area contributed by atoms with Crippen molar-refractivity contribution in [2.45, 2.75) is 0 Å². The Hall–Kier alpha value is -1.91. The van der Waals surface area contributed by atoms with Crippen LogP contribution in [0.4, 0.5) is 5.69 Å². The van der Waals surface area contributed by atoms with Gasteiger partial charge in [0.1, 0.15) is 5.69 Å². The summed E-state index contributed by atoms with van der Waals surface area (Å²) in [6.45, 7) is 0. The molecular formula is C7H5NO4. The lowest BCUT2D eigenvalue weighted by molar-refractivity contribution is 0.112. The van der Waals surface area contributed by atoms with Gasteiger partial charge in [-0.1, -0.05) is 0 Å². The number of carbonyl (C=O) groups is 1. The molecule has 0 aliphatic rings. The Labute approximate surface area is 67.2 Å². The molecule has 0 unspecified atom stereocenters. The average Bonchev–Trinajstić information content (AvgIpc) is 2.09. The fourth-order valence-electron chi connectivity index (χ4n) is 0.755. The lowest BCUT2D eigenvalue weighted by atomic mass is 10.2. The summed E-state index contributed by atoms with van der Waals surface area (Å²) >= 11 is 0. The number of hydrogen-bond donors (Lipinski definition) is 2. The van der Waals surface area contributed by atoms with Gasteiger partial charge in [0.2, 0.25) is 0 Å². The third-order valence-corrected chi connectivity index (χ3v) is 1.35. The molecule has 0 amide bonds. The topological polar surface area (TPSA) is 87.0 Å². The third-order valence-electron chi connectivity index (χ3n) is 1.35. The highest BCUT2D eigenvalue weighted by molar-refractivity contribution is 5.84. The number of phenols is 2. The van der Waals surface area contributed by atoms with Gasteiger partial charge in [0.05, 0.1) is 0 Å². The van der Waals surface area contributed by atoms with E-state index >= 15 is 0 Å². The lowest BCUT2D eigenvalue weighted by Crippen LogP contribution is -1.80. The van der Waals surface area contributed by atoms with Crippen LogP contribution in [0, 0.1) is 4.91 Å². The van der Waals surface area contributed by atoms with E-state index in [1.165, 1.54) is 0 Å². The molecule has 5 heteroatoms. The summed E-state index contributed by atoms with van der Waals surface area (Å²) in [5.41, 5.74) is -0.249. The Morgan fingerprint density at radius 2 is 1.83 bits per heavy atom. The van der Waals surface area contributed by atoms with Crippen LogP contribution in [-0.4, -0.2) is 16.5 Å². The van der Waals surface area contributed by atoms with Crippen LogP contribution in [0.2, 0.25) is 0 Å². The first-order valence-electron chi connectivity index (χ1n) is 3.03. The van der Waals surface area contributed by atoms with Crippen molar-refractivity contribution in [3.05, 3.63) is 22.6 Å². The van der Waals surface area contributed by atoms with Crippen molar-refractivity contribution in [2.75, 3.05) is 0 Å². The number of nitrogens with zero attached hydrogens (tertiary/aromatic N) is 1. The van der Waals surface area contributed by atoms with Gasteiger partial charge in [-0.05, 0) is 11.2 Å². The second kappa shape index (κ2) is 3.00. The summed E-state index contributed by atoms with van der Waals surface area (Å²) in [4.78, 5) is 20.3. The molecule has 1 rings (SSSR count). The molecule has 0 saturated carbocycles. The first-order chi connectivity index (χ1) is 5.69. The van der Waals surface area contributed by atoms with Crippen LogP contribution in [0.1, 0.15) is 10.4 Å². The largest absolute Gasteiger partial charge is 0.504 e. The maximum absolute atomic E-state index is 10.3. The molecule has 2 N–H and O–H groups in total. The zero-order chi connectivity index (χ0) is 9.14. The number of benzene rings is 1. The Morgan fingerprint density at radius 1 is 1.25 bits per heavy atom. The molecule has 0 aliphatic carbocycles. The van der Waals surface area contributed by atoms with Crippen LogP contribution in [0.3, 0.4) is 0 Å². The number of rotatable bonds is 2. The van der Waals surface area contributed by atoms with Gasteiger partial charge in [-0.2, -0.15) is 0 Å². The zero-order valence-corrected chi connectivity index (χ0v) is 5.89. The molecule has 0 aliphatic heterocycles. The Morgan fingerprint density at radius 3 is 2.33 bits per heavy atom. The van der Waals surface area contributed by atoms with E-state index < -0.39 is 11.5 Å². The van der Waals surface area contributed by atoms with Crippen molar-refractivity contribution in [3.8, 4) is 11.5 Å². The zero-order valence-electron chi connectivity index (χ0n) is 5.89. The van der Waals surface area contributed by atoms with E-state index in [0.717, 1.165) is 12.1 Å². The molecule has 62 valence electrons. The monoisotopic (exact) mass is 167 g/mol. The lowest BCUT2D eigenvalue weighted by Gasteiger charge is -1.99. The average molecular weight is 167 g/mol. The second-order valence-corrected chi connectivity index (χ2v) is 2.11. The number of aromatic hydroxyl groups is 2. The number of carbonyl (C=O) groups excluding carboxylic acids is 1. The van der Waals surface area contributed by atoms with Gasteiger partial charge in [0.15, 0.2) is 17.8 Å². The summed E-state index contributed by atoms with van der Waals surface area (Å²) < 4.78 is 0. The van der Waals surface area contributed by atoms with Crippen molar-refractivity contribution in [1.29, 1.82) is 0 Å². The normalized spacial score (nSPS) is 9.33. The van der Waals surface area contributed by atoms with Crippen molar-refractivity contribution >= 4 is 12.0 Å². The van der Waals surface area contributed by atoms with Gasteiger partial charge in [-0.3, -0.25) is 4.79 Å². The van der Waals surface area contributed by atoms with Crippen LogP contribution in [0.5, 0.6) is 11.5 Å². The molecule has 1 aromatic rings. The van der Waals surface area contributed by atoms with Crippen LogP contribution in [-0.2, 0) is 0 Å². The van der Waals surface area contributed by atoms with E-state index in [1.807, 2.05) is 0 Å². The van der Waals surface area contributed by atoms with Gasteiger partial charge in [-0.15, -0.1) is 4.91 Å². The summed E-state index contributed by atoms with van der Waals surface area (Å²) in [5, 5.41) is 20.3. The second-order valence-electron chi connectivity index (χ2n) is 2.11. The van der Waals surface area contributed by atoms with E-state index in [-0.39, 0.29) is 11.3 Å². The summed E-state index contributed by atoms with van der Waals surface area (Å²) in [5.74, 6) is -0.931. The van der Waals surface area contributed by atoms with Gasteiger partial charge in [0, 0.05) is 11.6 Å². The highest BCUT2D eigenvalue weighted by Gasteiger charge is 2.07. The van der Waals surface area contributed by atoms with E-state index in [1.54, 1.807) is 0 Å². The molecule has 0 heterocycles. The minimum Gasteiger partial charge on any atom is -0.504 e. The molecule has 0 fully saturated rings. The summed E-state index contributed by atoms with van der Waals surface area (Å²) in [6, 6.07) is 1.89. The van der Waals surface area contributed by atoms with Crippen molar-refractivity contribution in [1.82, 2.24) is 0 Å². The van der Waals surface area contributed by atoms with E-state index in [2.05, 4.69) is 5.18 Å². The first-order valence-corrected chi connectivity index (χ1v) is 3.03. The van der Waals surface area contributed by atoms with Crippen molar-refractivity contribution in [2.24, 2.45) is 5.18 Å². The minimum atomic E-state index is -0.477. The highest BCUT2D eigenvalue weighted by atomic mass is 16.3. The molecule has 0 saturated heterocycles. The molecular weight excluding hydrogens is 162 g/mol. The van der Waals surface area contributed by atoms with Crippen molar-refractivity contribution < 1.29 is 15.0 Å². The van der Waals surface area contributed by atoms with Crippen LogP contribution >= 0.6 is 0 Å². The first kappa shape index (κ1) is 8.19. The fraction of sp³-hybridized carbons (Fsp3) is 0. The van der Waals surface area contributed by atoms with E-state index in [0.29, 0.717) is 6.29 Å². The molecule has 0 atom stereocenters. The molecule has 0 spiro atoms. The Bertz CT molecular complexity index is 301. The van der Waals surface area contributed by atoms with Gasteiger partial charge < -0.3 is 10.2 Å².